The standard InChI is InChI=1S/C19H26N2O3/c1-3-18(23)20-9-8-15-10-16(6-7-17(15)20)19(24)21-11-14(12-22)5-4-13(21)2/h6-7,10,13-14,22H,3-5,8-9,11-12H2,1-2H3. The third kappa shape index (κ3) is 3.05. The fourth-order valence-electron chi connectivity index (χ4n) is 3.76. The first-order chi connectivity index (χ1) is 11.5. The summed E-state index contributed by atoms with van der Waals surface area (Å²) in [4.78, 5) is 28.6. The molecule has 5 nitrogen and oxygen atoms in total. The van der Waals surface area contributed by atoms with Crippen LogP contribution in [0.15, 0.2) is 18.2 Å². The molecule has 1 aromatic rings. The normalized spacial score (nSPS) is 23.3. The van der Waals surface area contributed by atoms with Gasteiger partial charge in [-0.3, -0.25) is 9.59 Å². The van der Waals surface area contributed by atoms with E-state index in [1.165, 1.54) is 0 Å². The van der Waals surface area contributed by atoms with E-state index in [0.717, 1.165) is 30.5 Å². The Kier molecular flexibility index (Phi) is 4.90. The summed E-state index contributed by atoms with van der Waals surface area (Å²) in [5.41, 5.74) is 2.70. The molecule has 0 saturated carbocycles. The van der Waals surface area contributed by atoms with Gasteiger partial charge in [0.1, 0.15) is 0 Å². The monoisotopic (exact) mass is 330 g/mol. The van der Waals surface area contributed by atoms with Gasteiger partial charge in [0.25, 0.3) is 5.91 Å². The Morgan fingerprint density at radius 3 is 2.79 bits per heavy atom. The molecule has 0 aromatic heterocycles. The molecule has 2 aliphatic heterocycles. The smallest absolute Gasteiger partial charge is 0.254 e. The summed E-state index contributed by atoms with van der Waals surface area (Å²) in [6.07, 6.45) is 3.20. The summed E-state index contributed by atoms with van der Waals surface area (Å²) in [5, 5.41) is 9.40. The molecule has 1 fully saturated rings. The lowest BCUT2D eigenvalue weighted by Gasteiger charge is -2.37. The highest BCUT2D eigenvalue weighted by Gasteiger charge is 2.30. The van der Waals surface area contributed by atoms with Crippen LogP contribution in [-0.2, 0) is 11.2 Å². The summed E-state index contributed by atoms with van der Waals surface area (Å²) in [6, 6.07) is 5.88. The second-order valence-corrected chi connectivity index (χ2v) is 6.92. The first-order valence-corrected chi connectivity index (χ1v) is 8.90. The lowest BCUT2D eigenvalue weighted by Crippen LogP contribution is -2.46. The van der Waals surface area contributed by atoms with E-state index in [0.29, 0.717) is 25.1 Å². The van der Waals surface area contributed by atoms with E-state index in [1.807, 2.05) is 34.9 Å². The molecule has 3 rings (SSSR count). The van der Waals surface area contributed by atoms with Crippen LogP contribution < -0.4 is 4.90 Å². The Morgan fingerprint density at radius 2 is 2.08 bits per heavy atom. The average Bonchev–Trinajstić information content (AvgIpc) is 3.04. The molecular weight excluding hydrogens is 304 g/mol. The van der Waals surface area contributed by atoms with Crippen LogP contribution in [0, 0.1) is 5.92 Å². The van der Waals surface area contributed by atoms with Crippen molar-refractivity contribution in [3.63, 3.8) is 0 Å². The molecule has 0 bridgehead atoms. The summed E-state index contributed by atoms with van der Waals surface area (Å²) < 4.78 is 0. The number of hydrogen-bond donors (Lipinski definition) is 1. The summed E-state index contributed by atoms with van der Waals surface area (Å²) in [5.74, 6) is 0.337. The highest BCUT2D eigenvalue weighted by Crippen LogP contribution is 2.31. The van der Waals surface area contributed by atoms with Gasteiger partial charge in [-0.25, -0.2) is 0 Å². The molecule has 0 aliphatic carbocycles. The predicted octanol–water partition coefficient (Wildman–Crippen LogP) is 2.22. The van der Waals surface area contributed by atoms with Crippen LogP contribution in [0.1, 0.15) is 49.0 Å². The molecule has 2 unspecified atom stereocenters. The third-order valence-electron chi connectivity index (χ3n) is 5.32. The minimum atomic E-state index is 0.0312. The van der Waals surface area contributed by atoms with Crippen LogP contribution in [0.5, 0.6) is 0 Å². The highest BCUT2D eigenvalue weighted by atomic mass is 16.3. The number of carbonyl (C=O) groups is 2. The number of aliphatic hydroxyl groups excluding tert-OH is 1. The Labute approximate surface area is 143 Å². The zero-order valence-electron chi connectivity index (χ0n) is 14.5. The van der Waals surface area contributed by atoms with E-state index < -0.39 is 0 Å². The molecular formula is C19H26N2O3. The van der Waals surface area contributed by atoms with Gasteiger partial charge in [-0.05, 0) is 55.9 Å². The minimum Gasteiger partial charge on any atom is -0.396 e. The van der Waals surface area contributed by atoms with Crippen LogP contribution in [0.4, 0.5) is 5.69 Å². The zero-order valence-corrected chi connectivity index (χ0v) is 14.5. The second-order valence-electron chi connectivity index (χ2n) is 6.92. The van der Waals surface area contributed by atoms with Gasteiger partial charge < -0.3 is 14.9 Å². The minimum absolute atomic E-state index is 0.0312. The Hall–Kier alpha value is -1.88. The molecule has 2 atom stereocenters. The van der Waals surface area contributed by atoms with Crippen LogP contribution in [-0.4, -0.2) is 47.6 Å². The lowest BCUT2D eigenvalue weighted by atomic mass is 9.93. The van der Waals surface area contributed by atoms with Crippen molar-refractivity contribution < 1.29 is 14.7 Å². The summed E-state index contributed by atoms with van der Waals surface area (Å²) in [7, 11) is 0. The van der Waals surface area contributed by atoms with Gasteiger partial charge in [-0.2, -0.15) is 0 Å². The van der Waals surface area contributed by atoms with Gasteiger partial charge in [-0.15, -0.1) is 0 Å². The molecule has 24 heavy (non-hydrogen) atoms. The van der Waals surface area contributed by atoms with Gasteiger partial charge in [0.05, 0.1) is 0 Å². The molecule has 5 heteroatoms. The SMILES string of the molecule is CCC(=O)N1CCc2cc(C(=O)N3CC(CO)CCC3C)ccc21. The fraction of sp³-hybridized carbons (Fsp3) is 0.579. The predicted molar refractivity (Wildman–Crippen MR) is 93.1 cm³/mol. The molecule has 1 aromatic carbocycles. The molecule has 2 amide bonds. The van der Waals surface area contributed by atoms with Gasteiger partial charge in [-0.1, -0.05) is 6.92 Å². The van der Waals surface area contributed by atoms with Crippen molar-refractivity contribution in [1.29, 1.82) is 0 Å². The largest absolute Gasteiger partial charge is 0.396 e. The van der Waals surface area contributed by atoms with Crippen molar-refractivity contribution in [2.24, 2.45) is 5.92 Å². The van der Waals surface area contributed by atoms with Crippen molar-refractivity contribution in [2.45, 2.75) is 45.6 Å². The van der Waals surface area contributed by atoms with Crippen molar-refractivity contribution in [3.05, 3.63) is 29.3 Å². The maximum absolute atomic E-state index is 12.9. The number of amides is 2. The van der Waals surface area contributed by atoms with Crippen molar-refractivity contribution in [1.82, 2.24) is 4.90 Å². The second kappa shape index (κ2) is 6.93. The van der Waals surface area contributed by atoms with E-state index in [4.69, 9.17) is 0 Å². The Balaban J connectivity index is 1.81. The van der Waals surface area contributed by atoms with E-state index in [2.05, 4.69) is 6.92 Å². The van der Waals surface area contributed by atoms with Crippen LogP contribution in [0.2, 0.25) is 0 Å². The first-order valence-electron chi connectivity index (χ1n) is 8.90. The van der Waals surface area contributed by atoms with Crippen molar-refractivity contribution in [3.8, 4) is 0 Å². The van der Waals surface area contributed by atoms with Crippen LogP contribution in [0.25, 0.3) is 0 Å². The highest BCUT2D eigenvalue weighted by molar-refractivity contribution is 5.98. The summed E-state index contributed by atoms with van der Waals surface area (Å²) >= 11 is 0. The van der Waals surface area contributed by atoms with Crippen molar-refractivity contribution in [2.75, 3.05) is 24.6 Å². The third-order valence-corrected chi connectivity index (χ3v) is 5.32. The number of carbonyl (C=O) groups excluding carboxylic acids is 2. The molecule has 1 saturated heterocycles. The molecule has 1 N–H and O–H groups in total. The quantitative estimate of drug-likeness (QED) is 0.924. The fourth-order valence-corrected chi connectivity index (χ4v) is 3.76. The number of fused-ring (bicyclic) bond motifs is 1. The van der Waals surface area contributed by atoms with Gasteiger partial charge in [0.2, 0.25) is 5.91 Å². The molecule has 130 valence electrons. The molecule has 2 heterocycles. The van der Waals surface area contributed by atoms with E-state index in [9.17, 15) is 14.7 Å². The van der Waals surface area contributed by atoms with E-state index in [1.54, 1.807) is 0 Å². The molecule has 2 aliphatic rings. The number of likely N-dealkylation sites (tertiary alicyclic amines) is 1. The Morgan fingerprint density at radius 1 is 1.29 bits per heavy atom. The average molecular weight is 330 g/mol. The number of piperidine rings is 1. The maximum Gasteiger partial charge on any atom is 0.254 e. The Bertz CT molecular complexity index is 643. The van der Waals surface area contributed by atoms with Crippen LogP contribution in [0.3, 0.4) is 0 Å². The maximum atomic E-state index is 12.9. The van der Waals surface area contributed by atoms with Crippen LogP contribution >= 0.6 is 0 Å². The van der Waals surface area contributed by atoms with E-state index in [-0.39, 0.29) is 30.4 Å². The lowest BCUT2D eigenvalue weighted by molar-refractivity contribution is -0.118. The number of benzene rings is 1. The topological polar surface area (TPSA) is 60.9 Å². The summed E-state index contributed by atoms with van der Waals surface area (Å²) in [6.45, 7) is 5.39. The van der Waals surface area contributed by atoms with E-state index >= 15 is 0 Å². The number of aliphatic hydroxyl groups is 1. The van der Waals surface area contributed by atoms with Crippen molar-refractivity contribution >= 4 is 17.5 Å². The number of hydrogen-bond acceptors (Lipinski definition) is 3. The van der Waals surface area contributed by atoms with Gasteiger partial charge in [0, 0.05) is 43.4 Å². The number of rotatable bonds is 3. The number of anilines is 1. The number of nitrogens with zero attached hydrogens (tertiary/aromatic N) is 2. The molecule has 0 radical (unpaired) electrons. The van der Waals surface area contributed by atoms with Gasteiger partial charge in [0.15, 0.2) is 0 Å². The zero-order chi connectivity index (χ0) is 17.3. The molecule has 0 spiro atoms. The first kappa shape index (κ1) is 17.0. The van der Waals surface area contributed by atoms with Gasteiger partial charge >= 0.3 is 0 Å².